The van der Waals surface area contributed by atoms with E-state index in [0.717, 1.165) is 28.6 Å². The number of likely N-dealkylation sites (tertiary alicyclic amines) is 1. The van der Waals surface area contributed by atoms with Crippen LogP contribution in [0.3, 0.4) is 0 Å². The van der Waals surface area contributed by atoms with Crippen LogP contribution in [-0.4, -0.2) is 34.2 Å². The first kappa shape index (κ1) is 15.3. The van der Waals surface area contributed by atoms with Gasteiger partial charge in [0.05, 0.1) is 11.6 Å². The second-order valence-electron chi connectivity index (χ2n) is 5.89. The second-order valence-corrected chi connectivity index (χ2v) is 6.81. The fourth-order valence-corrected chi connectivity index (χ4v) is 3.17. The van der Waals surface area contributed by atoms with Gasteiger partial charge in [0, 0.05) is 16.7 Å². The number of halogens is 1. The molecule has 1 aliphatic rings. The second kappa shape index (κ2) is 5.74. The van der Waals surface area contributed by atoms with Crippen LogP contribution in [0.1, 0.15) is 32.3 Å². The van der Waals surface area contributed by atoms with Gasteiger partial charge in [0.2, 0.25) is 0 Å². The topological polar surface area (TPSA) is 52.6 Å². The molecule has 1 aliphatic heterocycles. The molecule has 1 heterocycles. The Kier molecular flexibility index (Phi) is 4.39. The predicted molar refractivity (Wildman–Crippen MR) is 83.9 cm³/mol. The molecule has 1 atom stereocenters. The molecular formula is C15H21BrN2O2. The maximum Gasteiger partial charge on any atom is 0.322 e. The summed E-state index contributed by atoms with van der Waals surface area (Å²) in [7, 11) is 0. The summed E-state index contributed by atoms with van der Waals surface area (Å²) in [6, 6.07) is 5.48. The predicted octanol–water partition coefficient (Wildman–Crippen LogP) is 3.52. The van der Waals surface area contributed by atoms with Gasteiger partial charge in [0.1, 0.15) is 0 Å². The van der Waals surface area contributed by atoms with Crippen molar-refractivity contribution in [3.63, 3.8) is 0 Å². The number of amides is 2. The minimum Gasteiger partial charge on any atom is -0.388 e. The number of hydrogen-bond acceptors (Lipinski definition) is 2. The monoisotopic (exact) mass is 340 g/mol. The molecule has 1 unspecified atom stereocenters. The molecule has 1 fully saturated rings. The van der Waals surface area contributed by atoms with Gasteiger partial charge in [0.15, 0.2) is 0 Å². The van der Waals surface area contributed by atoms with Crippen LogP contribution in [0.5, 0.6) is 0 Å². The van der Waals surface area contributed by atoms with E-state index in [9.17, 15) is 9.90 Å². The van der Waals surface area contributed by atoms with Crippen LogP contribution in [-0.2, 0) is 0 Å². The lowest BCUT2D eigenvalue weighted by atomic mass is 9.97. The zero-order valence-electron chi connectivity index (χ0n) is 12.1. The maximum absolute atomic E-state index is 12.4. The summed E-state index contributed by atoms with van der Waals surface area (Å²) in [5, 5.41) is 13.1. The highest BCUT2D eigenvalue weighted by molar-refractivity contribution is 9.10. The number of nitrogens with zero attached hydrogens (tertiary/aromatic N) is 1. The molecule has 0 spiro atoms. The smallest absolute Gasteiger partial charge is 0.322 e. The minimum absolute atomic E-state index is 0.127. The van der Waals surface area contributed by atoms with E-state index in [4.69, 9.17) is 0 Å². The third-order valence-corrected chi connectivity index (χ3v) is 4.25. The Morgan fingerprint density at radius 2 is 2.20 bits per heavy atom. The van der Waals surface area contributed by atoms with Crippen molar-refractivity contribution in [3.8, 4) is 0 Å². The maximum atomic E-state index is 12.4. The van der Waals surface area contributed by atoms with Gasteiger partial charge in [-0.05, 0) is 57.4 Å². The van der Waals surface area contributed by atoms with Crippen LogP contribution >= 0.6 is 15.9 Å². The number of aryl methyl sites for hydroxylation is 1. The molecule has 1 aromatic carbocycles. The van der Waals surface area contributed by atoms with Crippen molar-refractivity contribution in [1.29, 1.82) is 0 Å². The van der Waals surface area contributed by atoms with Gasteiger partial charge >= 0.3 is 6.03 Å². The Morgan fingerprint density at radius 1 is 1.50 bits per heavy atom. The van der Waals surface area contributed by atoms with Gasteiger partial charge in [-0.1, -0.05) is 15.9 Å². The fourth-order valence-electron chi connectivity index (χ4n) is 2.70. The number of rotatable bonds is 2. The molecule has 1 saturated heterocycles. The lowest BCUT2D eigenvalue weighted by molar-refractivity contribution is 0.0117. The molecule has 2 amide bonds. The zero-order valence-corrected chi connectivity index (χ0v) is 13.7. The van der Waals surface area contributed by atoms with Crippen LogP contribution in [0.4, 0.5) is 10.5 Å². The van der Waals surface area contributed by atoms with Crippen LogP contribution in [0.25, 0.3) is 0 Å². The standard InChI is InChI=1S/C15H21BrN2O2/c1-10-9-11(16)6-7-12(10)17-14(19)18-8-4-5-13(18)15(2,3)20/h6-7,9,13,20H,4-5,8H2,1-3H3,(H,17,19). The molecule has 0 radical (unpaired) electrons. The largest absolute Gasteiger partial charge is 0.388 e. The molecular weight excluding hydrogens is 320 g/mol. The number of nitrogens with one attached hydrogen (secondary N) is 1. The van der Waals surface area contributed by atoms with Crippen molar-refractivity contribution in [2.24, 2.45) is 0 Å². The third-order valence-electron chi connectivity index (χ3n) is 3.76. The van der Waals surface area contributed by atoms with Gasteiger partial charge in [-0.2, -0.15) is 0 Å². The van der Waals surface area contributed by atoms with Gasteiger partial charge in [-0.25, -0.2) is 4.79 Å². The number of urea groups is 1. The highest BCUT2D eigenvalue weighted by Gasteiger charge is 2.38. The Bertz CT molecular complexity index is 511. The zero-order chi connectivity index (χ0) is 14.9. The minimum atomic E-state index is -0.872. The summed E-state index contributed by atoms with van der Waals surface area (Å²) in [4.78, 5) is 14.1. The SMILES string of the molecule is Cc1cc(Br)ccc1NC(=O)N1CCCC1C(C)(C)O. The Labute approximate surface area is 128 Å². The molecule has 110 valence electrons. The lowest BCUT2D eigenvalue weighted by Crippen LogP contribution is -2.49. The normalized spacial score (nSPS) is 19.2. The van der Waals surface area contributed by atoms with Crippen molar-refractivity contribution in [2.75, 3.05) is 11.9 Å². The van der Waals surface area contributed by atoms with Crippen molar-refractivity contribution in [2.45, 2.75) is 45.3 Å². The van der Waals surface area contributed by atoms with Crippen molar-refractivity contribution < 1.29 is 9.90 Å². The number of anilines is 1. The molecule has 0 aromatic heterocycles. The van der Waals surface area contributed by atoms with E-state index in [-0.39, 0.29) is 12.1 Å². The first-order valence-corrected chi connectivity index (χ1v) is 7.64. The first-order valence-electron chi connectivity index (χ1n) is 6.85. The molecule has 0 aliphatic carbocycles. The molecule has 0 saturated carbocycles. The summed E-state index contributed by atoms with van der Waals surface area (Å²) in [6.07, 6.45) is 1.78. The van der Waals surface area contributed by atoms with E-state index in [1.165, 1.54) is 0 Å². The summed E-state index contributed by atoms with van der Waals surface area (Å²) in [5.41, 5.74) is 0.939. The van der Waals surface area contributed by atoms with Crippen LogP contribution in [0, 0.1) is 6.92 Å². The summed E-state index contributed by atoms with van der Waals surface area (Å²) in [6.45, 7) is 6.16. The van der Waals surface area contributed by atoms with Crippen LogP contribution in [0.15, 0.2) is 22.7 Å². The molecule has 20 heavy (non-hydrogen) atoms. The number of carbonyl (C=O) groups is 1. The van der Waals surface area contributed by atoms with E-state index in [1.807, 2.05) is 25.1 Å². The van der Waals surface area contributed by atoms with Crippen molar-refractivity contribution >= 4 is 27.6 Å². The molecule has 2 N–H and O–H groups in total. The van der Waals surface area contributed by atoms with Gasteiger partial charge < -0.3 is 15.3 Å². The van der Waals surface area contributed by atoms with E-state index in [2.05, 4.69) is 21.2 Å². The molecule has 5 heteroatoms. The Hall–Kier alpha value is -1.07. The van der Waals surface area contributed by atoms with Crippen LogP contribution < -0.4 is 5.32 Å². The summed E-state index contributed by atoms with van der Waals surface area (Å²) in [5.74, 6) is 0. The molecule has 0 bridgehead atoms. The number of hydrogen-bond donors (Lipinski definition) is 2. The number of benzene rings is 1. The van der Waals surface area contributed by atoms with E-state index >= 15 is 0 Å². The van der Waals surface area contributed by atoms with E-state index in [0.29, 0.717) is 6.54 Å². The summed E-state index contributed by atoms with van der Waals surface area (Å²) < 4.78 is 0.989. The fraction of sp³-hybridized carbons (Fsp3) is 0.533. The van der Waals surface area contributed by atoms with Crippen LogP contribution in [0.2, 0.25) is 0 Å². The first-order chi connectivity index (χ1) is 9.29. The lowest BCUT2D eigenvalue weighted by Gasteiger charge is -2.33. The van der Waals surface area contributed by atoms with Crippen molar-refractivity contribution in [1.82, 2.24) is 4.90 Å². The highest BCUT2D eigenvalue weighted by atomic mass is 79.9. The van der Waals surface area contributed by atoms with Gasteiger partial charge in [-0.15, -0.1) is 0 Å². The highest BCUT2D eigenvalue weighted by Crippen LogP contribution is 2.28. The Morgan fingerprint density at radius 3 is 2.80 bits per heavy atom. The van der Waals surface area contributed by atoms with E-state index in [1.54, 1.807) is 18.7 Å². The van der Waals surface area contributed by atoms with Crippen molar-refractivity contribution in [3.05, 3.63) is 28.2 Å². The average molecular weight is 341 g/mol. The van der Waals surface area contributed by atoms with E-state index < -0.39 is 5.60 Å². The average Bonchev–Trinajstić information content (AvgIpc) is 2.81. The summed E-state index contributed by atoms with van der Waals surface area (Å²) >= 11 is 3.41. The molecule has 1 aromatic rings. The third kappa shape index (κ3) is 3.33. The van der Waals surface area contributed by atoms with Gasteiger partial charge in [0.25, 0.3) is 0 Å². The quantitative estimate of drug-likeness (QED) is 0.865. The Balaban J connectivity index is 2.12. The number of aliphatic hydroxyl groups is 1. The molecule has 4 nitrogen and oxygen atoms in total. The van der Waals surface area contributed by atoms with Gasteiger partial charge in [-0.3, -0.25) is 0 Å². The number of carbonyl (C=O) groups excluding carboxylic acids is 1. The molecule has 2 rings (SSSR count).